The lowest BCUT2D eigenvalue weighted by molar-refractivity contribution is 0.0782. The molecule has 1 amide bonds. The lowest BCUT2D eigenvalue weighted by Gasteiger charge is -2.23. The second-order valence-electron chi connectivity index (χ2n) is 9.60. The minimum atomic E-state index is 0.0126. The fourth-order valence-electron chi connectivity index (χ4n) is 4.32. The van der Waals surface area contributed by atoms with Crippen LogP contribution >= 0.6 is 0 Å². The number of amides is 1. The Morgan fingerprint density at radius 1 is 0.931 bits per heavy atom. The third-order valence-corrected chi connectivity index (χ3v) is 6.15. The first-order chi connectivity index (χ1) is 13.7. The van der Waals surface area contributed by atoms with Crippen molar-refractivity contribution in [1.29, 1.82) is 0 Å². The summed E-state index contributed by atoms with van der Waals surface area (Å²) < 4.78 is 0. The number of hydrogen-bond donors (Lipinski definition) is 0. The van der Waals surface area contributed by atoms with Crippen molar-refractivity contribution < 1.29 is 4.79 Å². The van der Waals surface area contributed by atoms with Crippen LogP contribution in [0.15, 0.2) is 36.4 Å². The molecule has 0 saturated carbocycles. The van der Waals surface area contributed by atoms with Crippen LogP contribution in [0.25, 0.3) is 0 Å². The SMILES string of the molecule is CN(C)c1ccc(C(=O)N2CC3CN(c4ccc(C(C)(C)C)nn4)CC3C2)cc1. The number of rotatable bonds is 3. The van der Waals surface area contributed by atoms with Crippen LogP contribution in [0.5, 0.6) is 0 Å². The Balaban J connectivity index is 1.38. The van der Waals surface area contributed by atoms with Crippen LogP contribution in [-0.2, 0) is 5.41 Å². The van der Waals surface area contributed by atoms with E-state index < -0.39 is 0 Å². The van der Waals surface area contributed by atoms with Gasteiger partial charge in [0, 0.05) is 68.8 Å². The van der Waals surface area contributed by atoms with Crippen molar-refractivity contribution in [3.63, 3.8) is 0 Å². The first kappa shape index (κ1) is 19.7. The lowest BCUT2D eigenvalue weighted by atomic mass is 9.92. The van der Waals surface area contributed by atoms with Crippen molar-refractivity contribution >= 4 is 17.4 Å². The van der Waals surface area contributed by atoms with Crippen LogP contribution in [0.4, 0.5) is 11.5 Å². The summed E-state index contributed by atoms with van der Waals surface area (Å²) in [6.07, 6.45) is 0. The van der Waals surface area contributed by atoms with Crippen LogP contribution in [0, 0.1) is 11.8 Å². The van der Waals surface area contributed by atoms with Crippen molar-refractivity contribution in [3.8, 4) is 0 Å². The van der Waals surface area contributed by atoms with Crippen molar-refractivity contribution in [2.24, 2.45) is 11.8 Å². The van der Waals surface area contributed by atoms with Gasteiger partial charge in [-0.1, -0.05) is 20.8 Å². The zero-order chi connectivity index (χ0) is 20.8. The molecule has 154 valence electrons. The van der Waals surface area contributed by atoms with Crippen molar-refractivity contribution in [2.75, 3.05) is 50.1 Å². The van der Waals surface area contributed by atoms with Gasteiger partial charge < -0.3 is 14.7 Å². The van der Waals surface area contributed by atoms with Crippen LogP contribution in [-0.4, -0.2) is 61.3 Å². The molecule has 2 atom stereocenters. The molecule has 4 rings (SSSR count). The summed E-state index contributed by atoms with van der Waals surface area (Å²) in [5.41, 5.74) is 2.90. The Morgan fingerprint density at radius 2 is 1.55 bits per heavy atom. The zero-order valence-electron chi connectivity index (χ0n) is 18.1. The molecule has 2 unspecified atom stereocenters. The third kappa shape index (κ3) is 3.93. The largest absolute Gasteiger partial charge is 0.378 e. The van der Waals surface area contributed by atoms with Crippen molar-refractivity contribution in [3.05, 3.63) is 47.7 Å². The number of aromatic nitrogens is 2. The van der Waals surface area contributed by atoms with E-state index in [2.05, 4.69) is 48.0 Å². The van der Waals surface area contributed by atoms with E-state index in [1.165, 1.54) is 0 Å². The van der Waals surface area contributed by atoms with E-state index in [9.17, 15) is 4.79 Å². The Hall–Kier alpha value is -2.63. The first-order valence-corrected chi connectivity index (χ1v) is 10.4. The molecule has 1 aromatic carbocycles. The van der Waals surface area contributed by atoms with Crippen molar-refractivity contribution in [2.45, 2.75) is 26.2 Å². The highest BCUT2D eigenvalue weighted by Gasteiger charge is 2.42. The average Bonchev–Trinajstić information content (AvgIpc) is 3.26. The Morgan fingerprint density at radius 3 is 2.03 bits per heavy atom. The minimum absolute atomic E-state index is 0.0126. The maximum Gasteiger partial charge on any atom is 0.253 e. The van der Waals surface area contributed by atoms with E-state index in [4.69, 9.17) is 0 Å². The molecule has 2 aromatic rings. The first-order valence-electron chi connectivity index (χ1n) is 10.4. The molecule has 2 saturated heterocycles. The van der Waals surface area contributed by atoms with Crippen LogP contribution in [0.1, 0.15) is 36.8 Å². The molecule has 0 radical (unpaired) electrons. The Labute approximate surface area is 173 Å². The van der Waals surface area contributed by atoms with Gasteiger partial charge in [0.15, 0.2) is 5.82 Å². The summed E-state index contributed by atoms with van der Waals surface area (Å²) in [6.45, 7) is 9.98. The fourth-order valence-corrected chi connectivity index (χ4v) is 4.32. The molecule has 0 spiro atoms. The highest BCUT2D eigenvalue weighted by molar-refractivity contribution is 5.94. The number of fused-ring (bicyclic) bond motifs is 1. The van der Waals surface area contributed by atoms with Gasteiger partial charge >= 0.3 is 0 Å². The van der Waals surface area contributed by atoms with Gasteiger partial charge in [0.2, 0.25) is 0 Å². The van der Waals surface area contributed by atoms with Gasteiger partial charge in [-0.05, 0) is 36.4 Å². The molecule has 2 fully saturated rings. The maximum atomic E-state index is 12.9. The number of nitrogens with zero attached hydrogens (tertiary/aromatic N) is 5. The van der Waals surface area contributed by atoms with Crippen LogP contribution in [0.2, 0.25) is 0 Å². The predicted octanol–water partition coefficient (Wildman–Crippen LogP) is 3.05. The third-order valence-electron chi connectivity index (χ3n) is 6.15. The molecular weight excluding hydrogens is 362 g/mol. The normalized spacial score (nSPS) is 21.4. The molecular formula is C23H31N5O. The summed E-state index contributed by atoms with van der Waals surface area (Å²) >= 11 is 0. The number of benzene rings is 1. The average molecular weight is 394 g/mol. The Kier molecular flexibility index (Phi) is 4.97. The zero-order valence-corrected chi connectivity index (χ0v) is 18.1. The number of likely N-dealkylation sites (tertiary alicyclic amines) is 1. The van der Waals surface area contributed by atoms with E-state index in [1.54, 1.807) is 0 Å². The molecule has 29 heavy (non-hydrogen) atoms. The lowest BCUT2D eigenvalue weighted by Crippen LogP contribution is -2.33. The highest BCUT2D eigenvalue weighted by Crippen LogP contribution is 2.34. The molecule has 1 aromatic heterocycles. The topological polar surface area (TPSA) is 52.6 Å². The van der Waals surface area contributed by atoms with Crippen molar-refractivity contribution in [1.82, 2.24) is 15.1 Å². The predicted molar refractivity (Wildman–Crippen MR) is 117 cm³/mol. The second-order valence-corrected chi connectivity index (χ2v) is 9.60. The Bertz CT molecular complexity index is 856. The number of carbonyl (C=O) groups is 1. The molecule has 0 bridgehead atoms. The van der Waals surface area contributed by atoms with Crippen LogP contribution in [0.3, 0.4) is 0 Å². The molecule has 6 nitrogen and oxygen atoms in total. The molecule has 0 N–H and O–H groups in total. The maximum absolute atomic E-state index is 12.9. The number of carbonyl (C=O) groups excluding carboxylic acids is 1. The summed E-state index contributed by atoms with van der Waals surface area (Å²) in [5.74, 6) is 2.10. The van der Waals surface area contributed by atoms with E-state index in [-0.39, 0.29) is 11.3 Å². The van der Waals surface area contributed by atoms with E-state index in [0.29, 0.717) is 11.8 Å². The number of anilines is 2. The van der Waals surface area contributed by atoms with Gasteiger partial charge in [-0.25, -0.2) is 0 Å². The van der Waals surface area contributed by atoms with Gasteiger partial charge in [-0.2, -0.15) is 5.10 Å². The second kappa shape index (κ2) is 7.32. The summed E-state index contributed by atoms with van der Waals surface area (Å²) in [7, 11) is 4.01. The summed E-state index contributed by atoms with van der Waals surface area (Å²) in [6, 6.07) is 12.1. The molecule has 3 heterocycles. The summed E-state index contributed by atoms with van der Waals surface area (Å²) in [4.78, 5) is 19.3. The minimum Gasteiger partial charge on any atom is -0.378 e. The van der Waals surface area contributed by atoms with Gasteiger partial charge in [0.25, 0.3) is 5.91 Å². The standard InChI is InChI=1S/C23H31N5O/c1-23(2,3)20-10-11-21(25-24-20)27-12-17-14-28(15-18(17)13-27)22(29)16-6-8-19(9-7-16)26(4)5/h6-11,17-18H,12-15H2,1-5H3. The highest BCUT2D eigenvalue weighted by atomic mass is 16.2. The van der Waals surface area contributed by atoms with E-state index in [0.717, 1.165) is 48.9 Å². The van der Waals surface area contributed by atoms with Gasteiger partial charge in [0.1, 0.15) is 0 Å². The summed E-state index contributed by atoms with van der Waals surface area (Å²) in [5, 5.41) is 8.90. The molecule has 2 aliphatic rings. The van der Waals surface area contributed by atoms with Gasteiger partial charge in [0.05, 0.1) is 5.69 Å². The van der Waals surface area contributed by atoms with E-state index in [1.807, 2.05) is 48.2 Å². The fraction of sp³-hybridized carbons (Fsp3) is 0.522. The van der Waals surface area contributed by atoms with Gasteiger partial charge in [-0.15, -0.1) is 5.10 Å². The smallest absolute Gasteiger partial charge is 0.253 e. The number of hydrogen-bond acceptors (Lipinski definition) is 5. The molecule has 0 aliphatic carbocycles. The monoisotopic (exact) mass is 393 g/mol. The van der Waals surface area contributed by atoms with Gasteiger partial charge in [-0.3, -0.25) is 4.79 Å². The van der Waals surface area contributed by atoms with E-state index >= 15 is 0 Å². The quantitative estimate of drug-likeness (QED) is 0.802. The van der Waals surface area contributed by atoms with Crippen LogP contribution < -0.4 is 9.80 Å². The molecule has 6 heteroatoms. The molecule has 2 aliphatic heterocycles.